The third-order valence-electron chi connectivity index (χ3n) is 4.40. The number of fused-ring (bicyclic) bond motifs is 1. The summed E-state index contributed by atoms with van der Waals surface area (Å²) in [4.78, 5) is 16.9. The zero-order valence-corrected chi connectivity index (χ0v) is 14.9. The van der Waals surface area contributed by atoms with Gasteiger partial charge in [-0.1, -0.05) is 30.3 Å². The van der Waals surface area contributed by atoms with Crippen molar-refractivity contribution in [1.82, 2.24) is 9.38 Å². The van der Waals surface area contributed by atoms with Crippen LogP contribution in [0.4, 0.5) is 5.69 Å². The minimum absolute atomic E-state index is 0.00440. The molecule has 0 saturated carbocycles. The highest BCUT2D eigenvalue weighted by Gasteiger charge is 2.12. The lowest BCUT2D eigenvalue weighted by Crippen LogP contribution is -2.12. The summed E-state index contributed by atoms with van der Waals surface area (Å²) in [5.41, 5.74) is 5.74. The van der Waals surface area contributed by atoms with Gasteiger partial charge < -0.3 is 14.8 Å². The number of rotatable bonds is 4. The fourth-order valence-electron chi connectivity index (χ4n) is 3.04. The van der Waals surface area contributed by atoms with Gasteiger partial charge in [0.1, 0.15) is 11.3 Å². The van der Waals surface area contributed by atoms with Crippen LogP contribution in [0.1, 0.15) is 21.6 Å². The second-order valence-corrected chi connectivity index (χ2v) is 6.49. The molecule has 0 unspecified atom stereocenters. The first-order valence-electron chi connectivity index (χ1n) is 8.69. The molecule has 0 radical (unpaired) electrons. The molecule has 0 saturated heterocycles. The highest BCUT2D eigenvalue weighted by molar-refractivity contribution is 6.03. The maximum Gasteiger partial charge on any atom is 0.275 e. The summed E-state index contributed by atoms with van der Waals surface area (Å²) in [6, 6.07) is 19.2. The van der Waals surface area contributed by atoms with Gasteiger partial charge in [0.05, 0.1) is 6.61 Å². The predicted molar refractivity (Wildman–Crippen MR) is 106 cm³/mol. The van der Waals surface area contributed by atoms with E-state index < -0.39 is 0 Å². The number of carbonyl (C=O) groups is 1. The number of aromatic nitrogens is 2. The maximum absolute atomic E-state index is 12.5. The molecule has 1 amide bonds. The van der Waals surface area contributed by atoms with E-state index in [1.165, 1.54) is 0 Å². The smallest absolute Gasteiger partial charge is 0.275 e. The molecule has 134 valence electrons. The van der Waals surface area contributed by atoms with Crippen molar-refractivity contribution in [3.05, 3.63) is 89.9 Å². The molecule has 5 heteroatoms. The quantitative estimate of drug-likeness (QED) is 0.579. The van der Waals surface area contributed by atoms with Crippen molar-refractivity contribution in [2.24, 2.45) is 0 Å². The number of hydrogen-bond acceptors (Lipinski definition) is 3. The van der Waals surface area contributed by atoms with Gasteiger partial charge >= 0.3 is 0 Å². The molecule has 0 aliphatic carbocycles. The first-order valence-corrected chi connectivity index (χ1v) is 8.69. The summed E-state index contributed by atoms with van der Waals surface area (Å²) in [7, 11) is 0. The minimum Gasteiger partial charge on any atom is -0.392 e. The first kappa shape index (κ1) is 17.0. The van der Waals surface area contributed by atoms with E-state index in [2.05, 4.69) is 10.3 Å². The first-order chi connectivity index (χ1) is 13.1. The van der Waals surface area contributed by atoms with Gasteiger partial charge in [-0.05, 0) is 59.5 Å². The Morgan fingerprint density at radius 1 is 1.04 bits per heavy atom. The number of carbonyl (C=O) groups excluding carboxylic acids is 1. The number of aliphatic hydroxyl groups is 1. The van der Waals surface area contributed by atoms with Crippen molar-refractivity contribution in [2.45, 2.75) is 13.5 Å². The molecular formula is C22H19N3O2. The van der Waals surface area contributed by atoms with Crippen LogP contribution in [0.2, 0.25) is 0 Å². The van der Waals surface area contributed by atoms with Gasteiger partial charge in [0.2, 0.25) is 0 Å². The Labute approximate surface area is 156 Å². The zero-order chi connectivity index (χ0) is 18.8. The molecule has 0 atom stereocenters. The monoisotopic (exact) mass is 357 g/mol. The summed E-state index contributed by atoms with van der Waals surface area (Å²) in [5.74, 6) is -0.242. The number of benzene rings is 2. The van der Waals surface area contributed by atoms with E-state index in [0.717, 1.165) is 27.9 Å². The second kappa shape index (κ2) is 7.05. The van der Waals surface area contributed by atoms with Crippen LogP contribution >= 0.6 is 0 Å². The lowest BCUT2D eigenvalue weighted by atomic mass is 10.1. The third kappa shape index (κ3) is 3.59. The standard InChI is InChI=1S/C22H19N3O2/c1-15-4-2-7-19(10-15)23-22(27)20-13-25-12-18(8-9-21(25)24-20)17-6-3-5-16(11-17)14-26/h2-13,26H,14H2,1H3,(H,23,27). The van der Waals surface area contributed by atoms with Crippen LogP contribution in [0, 0.1) is 6.92 Å². The van der Waals surface area contributed by atoms with Crippen LogP contribution in [0.25, 0.3) is 16.8 Å². The van der Waals surface area contributed by atoms with Crippen molar-refractivity contribution in [1.29, 1.82) is 0 Å². The number of imidazole rings is 1. The fraction of sp³-hybridized carbons (Fsp3) is 0.0909. The Bertz CT molecular complexity index is 1130. The molecule has 2 N–H and O–H groups in total. The predicted octanol–water partition coefficient (Wildman–Crippen LogP) is 4.05. The molecule has 27 heavy (non-hydrogen) atoms. The van der Waals surface area contributed by atoms with Crippen LogP contribution in [0.5, 0.6) is 0 Å². The van der Waals surface area contributed by atoms with Crippen molar-refractivity contribution in [2.75, 3.05) is 5.32 Å². The lowest BCUT2D eigenvalue weighted by Gasteiger charge is -2.04. The largest absolute Gasteiger partial charge is 0.392 e. The highest BCUT2D eigenvalue weighted by Crippen LogP contribution is 2.22. The molecular weight excluding hydrogens is 338 g/mol. The molecule has 2 heterocycles. The molecule has 5 nitrogen and oxygen atoms in total. The van der Waals surface area contributed by atoms with E-state index in [1.807, 2.05) is 78.2 Å². The van der Waals surface area contributed by atoms with E-state index in [4.69, 9.17) is 0 Å². The summed E-state index contributed by atoms with van der Waals surface area (Å²) in [6.07, 6.45) is 3.65. The van der Waals surface area contributed by atoms with E-state index in [0.29, 0.717) is 11.3 Å². The van der Waals surface area contributed by atoms with Gasteiger partial charge in [-0.3, -0.25) is 4.79 Å². The molecule has 0 aliphatic heterocycles. The van der Waals surface area contributed by atoms with Crippen molar-refractivity contribution < 1.29 is 9.90 Å². The van der Waals surface area contributed by atoms with E-state index >= 15 is 0 Å². The van der Waals surface area contributed by atoms with Gasteiger partial charge in [0, 0.05) is 18.1 Å². The molecule has 4 aromatic rings. The van der Waals surface area contributed by atoms with Crippen LogP contribution in [0.15, 0.2) is 73.1 Å². The maximum atomic E-state index is 12.5. The van der Waals surface area contributed by atoms with Crippen LogP contribution in [-0.4, -0.2) is 20.4 Å². The molecule has 4 rings (SSSR count). The molecule has 0 aliphatic rings. The van der Waals surface area contributed by atoms with Crippen LogP contribution in [-0.2, 0) is 6.61 Å². The summed E-state index contributed by atoms with van der Waals surface area (Å²) >= 11 is 0. The van der Waals surface area contributed by atoms with Crippen molar-refractivity contribution >= 4 is 17.2 Å². The number of amides is 1. The minimum atomic E-state index is -0.242. The average molecular weight is 357 g/mol. The normalized spacial score (nSPS) is 10.9. The van der Waals surface area contributed by atoms with Crippen LogP contribution in [0.3, 0.4) is 0 Å². The second-order valence-electron chi connectivity index (χ2n) is 6.49. The Morgan fingerprint density at radius 3 is 2.70 bits per heavy atom. The Kier molecular flexibility index (Phi) is 4.44. The molecule has 0 spiro atoms. The fourth-order valence-corrected chi connectivity index (χ4v) is 3.04. The summed E-state index contributed by atoms with van der Waals surface area (Å²) in [6.45, 7) is 1.98. The Hall–Kier alpha value is -3.44. The number of aryl methyl sites for hydroxylation is 1. The summed E-state index contributed by atoms with van der Waals surface area (Å²) in [5, 5.41) is 12.2. The van der Waals surface area contributed by atoms with Gasteiger partial charge in [0.25, 0.3) is 5.91 Å². The molecule has 2 aromatic heterocycles. The number of aliphatic hydroxyl groups excluding tert-OH is 1. The molecule has 0 bridgehead atoms. The van der Waals surface area contributed by atoms with Crippen LogP contribution < -0.4 is 5.32 Å². The Morgan fingerprint density at radius 2 is 1.89 bits per heavy atom. The lowest BCUT2D eigenvalue weighted by molar-refractivity contribution is 0.102. The van der Waals surface area contributed by atoms with Crippen molar-refractivity contribution in [3.8, 4) is 11.1 Å². The van der Waals surface area contributed by atoms with Gasteiger partial charge in [-0.15, -0.1) is 0 Å². The number of hydrogen-bond donors (Lipinski definition) is 2. The topological polar surface area (TPSA) is 66.6 Å². The SMILES string of the molecule is Cc1cccc(NC(=O)c2cn3cc(-c4cccc(CO)c4)ccc3n2)c1. The number of anilines is 1. The van der Waals surface area contributed by atoms with E-state index in [-0.39, 0.29) is 12.5 Å². The molecule has 0 fully saturated rings. The number of nitrogens with zero attached hydrogens (tertiary/aromatic N) is 2. The van der Waals surface area contributed by atoms with Gasteiger partial charge in [-0.2, -0.15) is 0 Å². The van der Waals surface area contributed by atoms with Gasteiger partial charge in [0.15, 0.2) is 0 Å². The Balaban J connectivity index is 1.63. The zero-order valence-electron chi connectivity index (χ0n) is 14.9. The van der Waals surface area contributed by atoms with Crippen molar-refractivity contribution in [3.63, 3.8) is 0 Å². The molecule has 2 aromatic carbocycles. The summed E-state index contributed by atoms with van der Waals surface area (Å²) < 4.78 is 1.84. The number of pyridine rings is 1. The number of nitrogens with one attached hydrogen (secondary N) is 1. The van der Waals surface area contributed by atoms with E-state index in [9.17, 15) is 9.90 Å². The van der Waals surface area contributed by atoms with E-state index in [1.54, 1.807) is 6.20 Å². The average Bonchev–Trinajstić information content (AvgIpc) is 3.11. The third-order valence-corrected chi connectivity index (χ3v) is 4.40. The highest BCUT2D eigenvalue weighted by atomic mass is 16.3. The van der Waals surface area contributed by atoms with Gasteiger partial charge in [-0.25, -0.2) is 4.98 Å².